The summed E-state index contributed by atoms with van der Waals surface area (Å²) in [6, 6.07) is 15.6. The first-order chi connectivity index (χ1) is 14.5. The van der Waals surface area contributed by atoms with Crippen molar-refractivity contribution in [3.63, 3.8) is 0 Å². The monoisotopic (exact) mass is 409 g/mol. The number of nitrogens with zero attached hydrogens (tertiary/aromatic N) is 2. The molecule has 0 aliphatic carbocycles. The first kappa shape index (κ1) is 20.5. The maximum Gasteiger partial charge on any atom is 0.343 e. The standard InChI is InChI=1S/C21H16FN3O5/c1-29-20-12-14(13-23-24-17-7-9-18(10-8-17)25(27)28)2-11-19(20)30-21(26)15-3-5-16(22)6-4-15/h2-13,24H,1H3. The molecule has 1 N–H and O–H groups in total. The molecule has 0 amide bonds. The highest BCUT2D eigenvalue weighted by atomic mass is 19.1. The number of nitrogens with one attached hydrogen (secondary N) is 1. The molecule has 152 valence electrons. The van der Waals surface area contributed by atoms with E-state index in [0.29, 0.717) is 17.0 Å². The maximum atomic E-state index is 13.0. The Bertz CT molecular complexity index is 1080. The Kier molecular flexibility index (Phi) is 6.33. The summed E-state index contributed by atoms with van der Waals surface area (Å²) in [7, 11) is 1.43. The third kappa shape index (κ3) is 5.16. The summed E-state index contributed by atoms with van der Waals surface area (Å²) in [6.45, 7) is 0. The molecule has 0 aliphatic heterocycles. The van der Waals surface area contributed by atoms with E-state index in [1.807, 2.05) is 0 Å². The Labute approximate surface area is 170 Å². The van der Waals surface area contributed by atoms with Crippen molar-refractivity contribution in [3.8, 4) is 11.5 Å². The predicted octanol–water partition coefficient (Wildman–Crippen LogP) is 4.41. The van der Waals surface area contributed by atoms with Gasteiger partial charge in [0.15, 0.2) is 11.5 Å². The van der Waals surface area contributed by atoms with Crippen molar-refractivity contribution in [1.82, 2.24) is 0 Å². The van der Waals surface area contributed by atoms with E-state index >= 15 is 0 Å². The number of esters is 1. The van der Waals surface area contributed by atoms with Gasteiger partial charge in [-0.2, -0.15) is 5.10 Å². The van der Waals surface area contributed by atoms with Gasteiger partial charge in [0.2, 0.25) is 0 Å². The molecule has 0 radical (unpaired) electrons. The maximum absolute atomic E-state index is 13.0. The summed E-state index contributed by atoms with van der Waals surface area (Å²) in [4.78, 5) is 22.4. The Balaban J connectivity index is 1.67. The van der Waals surface area contributed by atoms with E-state index in [1.54, 1.807) is 18.2 Å². The number of hydrogen-bond acceptors (Lipinski definition) is 7. The van der Waals surface area contributed by atoms with Crippen LogP contribution in [0.5, 0.6) is 11.5 Å². The topological polar surface area (TPSA) is 103 Å². The number of benzene rings is 3. The van der Waals surface area contributed by atoms with Crippen LogP contribution in [0.2, 0.25) is 0 Å². The van der Waals surface area contributed by atoms with Crippen molar-refractivity contribution in [2.45, 2.75) is 0 Å². The number of rotatable bonds is 7. The van der Waals surface area contributed by atoms with Crippen molar-refractivity contribution in [1.29, 1.82) is 0 Å². The minimum Gasteiger partial charge on any atom is -0.493 e. The van der Waals surface area contributed by atoms with Crippen molar-refractivity contribution in [2.75, 3.05) is 12.5 Å². The molecule has 3 rings (SSSR count). The van der Waals surface area contributed by atoms with Gasteiger partial charge in [0.25, 0.3) is 5.69 Å². The zero-order valence-corrected chi connectivity index (χ0v) is 15.7. The van der Waals surface area contributed by atoms with Crippen molar-refractivity contribution < 1.29 is 23.6 Å². The lowest BCUT2D eigenvalue weighted by Crippen LogP contribution is -2.09. The molecule has 30 heavy (non-hydrogen) atoms. The average Bonchev–Trinajstić information content (AvgIpc) is 2.75. The van der Waals surface area contributed by atoms with Crippen LogP contribution in [0.4, 0.5) is 15.8 Å². The molecule has 0 saturated heterocycles. The number of nitro groups is 1. The minimum atomic E-state index is -0.644. The van der Waals surface area contributed by atoms with Crippen LogP contribution in [0.15, 0.2) is 71.8 Å². The lowest BCUT2D eigenvalue weighted by molar-refractivity contribution is -0.384. The fraction of sp³-hybridized carbons (Fsp3) is 0.0476. The minimum absolute atomic E-state index is 0.0139. The van der Waals surface area contributed by atoms with Crippen LogP contribution >= 0.6 is 0 Å². The smallest absolute Gasteiger partial charge is 0.343 e. The normalized spacial score (nSPS) is 10.6. The number of halogens is 1. The number of ether oxygens (including phenoxy) is 2. The van der Waals surface area contributed by atoms with Crippen LogP contribution in [0.3, 0.4) is 0 Å². The van der Waals surface area contributed by atoms with E-state index in [0.717, 1.165) is 0 Å². The lowest BCUT2D eigenvalue weighted by Gasteiger charge is -2.10. The molecular formula is C21H16FN3O5. The molecule has 9 heteroatoms. The van der Waals surface area contributed by atoms with Crippen molar-refractivity contribution in [2.24, 2.45) is 5.10 Å². The molecule has 0 fully saturated rings. The summed E-state index contributed by atoms with van der Waals surface area (Å²) >= 11 is 0. The van der Waals surface area contributed by atoms with E-state index in [1.165, 1.54) is 61.9 Å². The van der Waals surface area contributed by atoms with Gasteiger partial charge in [-0.3, -0.25) is 15.5 Å². The highest BCUT2D eigenvalue weighted by Crippen LogP contribution is 2.28. The third-order valence-electron chi connectivity index (χ3n) is 3.96. The molecule has 3 aromatic carbocycles. The van der Waals surface area contributed by atoms with E-state index < -0.39 is 16.7 Å². The summed E-state index contributed by atoms with van der Waals surface area (Å²) in [5.41, 5.74) is 4.18. The van der Waals surface area contributed by atoms with Crippen LogP contribution in [0, 0.1) is 15.9 Å². The van der Waals surface area contributed by atoms with Crippen LogP contribution in [-0.4, -0.2) is 24.2 Å². The average molecular weight is 409 g/mol. The summed E-state index contributed by atoms with van der Waals surface area (Å²) < 4.78 is 23.6. The van der Waals surface area contributed by atoms with E-state index in [2.05, 4.69) is 10.5 Å². The molecule has 0 heterocycles. The van der Waals surface area contributed by atoms with Gasteiger partial charge in [-0.15, -0.1) is 0 Å². The molecule has 3 aromatic rings. The van der Waals surface area contributed by atoms with Crippen molar-refractivity contribution >= 4 is 23.6 Å². The second-order valence-electron chi connectivity index (χ2n) is 5.98. The zero-order valence-electron chi connectivity index (χ0n) is 15.7. The van der Waals surface area contributed by atoms with Gasteiger partial charge < -0.3 is 9.47 Å². The molecule has 0 atom stereocenters. The summed E-state index contributed by atoms with van der Waals surface area (Å²) in [5, 5.41) is 14.7. The van der Waals surface area contributed by atoms with Crippen LogP contribution in [0.25, 0.3) is 0 Å². The molecule has 0 spiro atoms. The number of carbonyl (C=O) groups is 1. The second kappa shape index (κ2) is 9.28. The molecule has 0 unspecified atom stereocenters. The molecule has 8 nitrogen and oxygen atoms in total. The Morgan fingerprint density at radius 3 is 2.40 bits per heavy atom. The Morgan fingerprint density at radius 1 is 1.07 bits per heavy atom. The van der Waals surface area contributed by atoms with Crippen molar-refractivity contribution in [3.05, 3.63) is 93.8 Å². The van der Waals surface area contributed by atoms with Gasteiger partial charge in [-0.25, -0.2) is 9.18 Å². The van der Waals surface area contributed by atoms with Crippen LogP contribution in [-0.2, 0) is 0 Å². The first-order valence-electron chi connectivity index (χ1n) is 8.65. The van der Waals surface area contributed by atoms with E-state index in [4.69, 9.17) is 9.47 Å². The van der Waals surface area contributed by atoms with Crippen LogP contribution < -0.4 is 14.9 Å². The number of hydrogen-bond donors (Lipinski definition) is 1. The number of methoxy groups -OCH3 is 1. The molecule has 0 aromatic heterocycles. The summed E-state index contributed by atoms with van der Waals surface area (Å²) in [6.07, 6.45) is 1.51. The fourth-order valence-electron chi connectivity index (χ4n) is 2.43. The number of anilines is 1. The highest BCUT2D eigenvalue weighted by Gasteiger charge is 2.13. The zero-order chi connectivity index (χ0) is 21.5. The van der Waals surface area contributed by atoms with Crippen LogP contribution in [0.1, 0.15) is 15.9 Å². The van der Waals surface area contributed by atoms with E-state index in [-0.39, 0.29) is 17.0 Å². The number of carbonyl (C=O) groups excluding carboxylic acids is 1. The second-order valence-corrected chi connectivity index (χ2v) is 5.98. The largest absolute Gasteiger partial charge is 0.493 e. The predicted molar refractivity (Wildman–Crippen MR) is 109 cm³/mol. The molecule has 0 bridgehead atoms. The lowest BCUT2D eigenvalue weighted by atomic mass is 10.2. The first-order valence-corrected chi connectivity index (χ1v) is 8.65. The third-order valence-corrected chi connectivity index (χ3v) is 3.96. The SMILES string of the molecule is COc1cc(C=NNc2ccc([N+](=O)[O-])cc2)ccc1OC(=O)c1ccc(F)cc1. The number of hydrazone groups is 1. The fourth-order valence-corrected chi connectivity index (χ4v) is 2.43. The number of non-ortho nitro benzene ring substituents is 1. The molecular weight excluding hydrogens is 393 g/mol. The number of nitro benzene ring substituents is 1. The molecule has 0 aliphatic rings. The Morgan fingerprint density at radius 2 is 1.77 bits per heavy atom. The quantitative estimate of drug-likeness (QED) is 0.204. The molecule has 0 saturated carbocycles. The summed E-state index contributed by atoms with van der Waals surface area (Å²) in [5.74, 6) is -0.582. The van der Waals surface area contributed by atoms with Gasteiger partial charge in [0, 0.05) is 12.1 Å². The van der Waals surface area contributed by atoms with Gasteiger partial charge in [0.05, 0.1) is 29.5 Å². The van der Waals surface area contributed by atoms with Gasteiger partial charge >= 0.3 is 5.97 Å². The highest BCUT2D eigenvalue weighted by molar-refractivity contribution is 5.91. The van der Waals surface area contributed by atoms with Gasteiger partial charge in [-0.05, 0) is 60.2 Å². The van der Waals surface area contributed by atoms with E-state index in [9.17, 15) is 19.3 Å². The Hall–Kier alpha value is -4.27. The van der Waals surface area contributed by atoms with Gasteiger partial charge in [0.1, 0.15) is 5.82 Å². The van der Waals surface area contributed by atoms with Gasteiger partial charge in [-0.1, -0.05) is 0 Å².